The minimum absolute atomic E-state index is 0.241. The summed E-state index contributed by atoms with van der Waals surface area (Å²) in [5.41, 5.74) is 1.76. The first-order chi connectivity index (χ1) is 12.3. The first-order valence-corrected chi connectivity index (χ1v) is 9.03. The molecule has 26 heavy (non-hydrogen) atoms. The van der Waals surface area contributed by atoms with Gasteiger partial charge in [0.2, 0.25) is 0 Å². The molecule has 0 unspecified atom stereocenters. The molecule has 0 spiro atoms. The summed E-state index contributed by atoms with van der Waals surface area (Å²) in [6.07, 6.45) is 4.12. The van der Waals surface area contributed by atoms with E-state index in [0.717, 1.165) is 11.1 Å². The lowest BCUT2D eigenvalue weighted by Gasteiger charge is -2.46. The maximum atomic E-state index is 12.1. The van der Waals surface area contributed by atoms with Gasteiger partial charge >= 0.3 is 17.9 Å². The molecule has 0 aromatic rings. The van der Waals surface area contributed by atoms with Crippen molar-refractivity contribution in [2.45, 2.75) is 65.6 Å². The quantitative estimate of drug-likeness (QED) is 0.566. The summed E-state index contributed by atoms with van der Waals surface area (Å²) in [5.74, 6) is -0.435. The molecular formula is C20H24O6. The van der Waals surface area contributed by atoms with Gasteiger partial charge in [-0.3, -0.25) is 9.59 Å². The molecule has 6 heteroatoms. The predicted octanol–water partition coefficient (Wildman–Crippen LogP) is 3.13. The maximum Gasteiger partial charge on any atom is 0.339 e. The fourth-order valence-corrected chi connectivity index (χ4v) is 3.78. The van der Waals surface area contributed by atoms with Gasteiger partial charge < -0.3 is 14.2 Å². The molecule has 1 heterocycles. The number of ether oxygens (including phenoxy) is 3. The molecule has 0 amide bonds. The van der Waals surface area contributed by atoms with Crippen molar-refractivity contribution in [3.63, 3.8) is 0 Å². The van der Waals surface area contributed by atoms with Gasteiger partial charge in [-0.2, -0.15) is 0 Å². The van der Waals surface area contributed by atoms with Gasteiger partial charge in [-0.05, 0) is 25.0 Å². The molecule has 0 aromatic heterocycles. The first-order valence-electron chi connectivity index (χ1n) is 9.03. The van der Waals surface area contributed by atoms with Crippen LogP contribution in [0.4, 0.5) is 0 Å². The number of fused-ring (bicyclic) bond motifs is 2. The van der Waals surface area contributed by atoms with E-state index in [-0.39, 0.29) is 30.7 Å². The average Bonchev–Trinajstić information content (AvgIpc) is 2.88. The largest absolute Gasteiger partial charge is 0.458 e. The summed E-state index contributed by atoms with van der Waals surface area (Å²) in [6.45, 7) is 7.18. The van der Waals surface area contributed by atoms with Crippen LogP contribution in [0.25, 0.3) is 0 Å². The Labute approximate surface area is 152 Å². The molecule has 0 saturated carbocycles. The van der Waals surface area contributed by atoms with Gasteiger partial charge in [0.15, 0.2) is 0 Å². The fraction of sp³-hybridized carbons (Fsp3) is 0.550. The topological polar surface area (TPSA) is 78.9 Å². The normalized spacial score (nSPS) is 29.9. The molecule has 2 aliphatic carbocycles. The number of esters is 3. The molecule has 6 nitrogen and oxygen atoms in total. The Kier molecular flexibility index (Phi) is 4.78. The van der Waals surface area contributed by atoms with Crippen molar-refractivity contribution in [1.29, 1.82) is 0 Å². The SMILES string of the molecule is CCC(=O)O[C@H]1CC=C2C=C3OC(=O)C(C)=C3C[C@]2(C)[C@H]1OC(=O)CC. The molecular weight excluding hydrogens is 336 g/mol. The van der Waals surface area contributed by atoms with Crippen LogP contribution in [0.3, 0.4) is 0 Å². The van der Waals surface area contributed by atoms with Crippen molar-refractivity contribution in [2.24, 2.45) is 5.41 Å². The van der Waals surface area contributed by atoms with Gasteiger partial charge in [-0.1, -0.05) is 26.8 Å². The maximum absolute atomic E-state index is 12.1. The summed E-state index contributed by atoms with van der Waals surface area (Å²) in [6, 6.07) is 0. The van der Waals surface area contributed by atoms with Crippen LogP contribution in [0.15, 0.2) is 34.6 Å². The zero-order valence-electron chi connectivity index (χ0n) is 15.6. The number of carbonyl (C=O) groups is 3. The van der Waals surface area contributed by atoms with Crippen LogP contribution >= 0.6 is 0 Å². The van der Waals surface area contributed by atoms with E-state index in [1.165, 1.54) is 0 Å². The first kappa shape index (κ1) is 18.4. The molecule has 0 radical (unpaired) electrons. The lowest BCUT2D eigenvalue weighted by atomic mass is 9.64. The minimum atomic E-state index is -0.612. The van der Waals surface area contributed by atoms with Crippen molar-refractivity contribution in [3.05, 3.63) is 34.6 Å². The van der Waals surface area contributed by atoms with Gasteiger partial charge in [-0.15, -0.1) is 0 Å². The highest BCUT2D eigenvalue weighted by atomic mass is 16.6. The molecule has 3 rings (SSSR count). The number of hydrogen-bond acceptors (Lipinski definition) is 6. The highest BCUT2D eigenvalue weighted by molar-refractivity contribution is 5.94. The Morgan fingerprint density at radius 2 is 1.88 bits per heavy atom. The van der Waals surface area contributed by atoms with E-state index in [9.17, 15) is 14.4 Å². The molecule has 0 aromatic carbocycles. The molecule has 3 atom stereocenters. The highest BCUT2D eigenvalue weighted by Crippen LogP contribution is 2.52. The number of hydrogen-bond donors (Lipinski definition) is 0. The molecule has 0 bridgehead atoms. The van der Waals surface area contributed by atoms with Crippen LogP contribution in [0.5, 0.6) is 0 Å². The molecule has 1 aliphatic heterocycles. The highest BCUT2D eigenvalue weighted by Gasteiger charge is 2.52. The Hall–Kier alpha value is -2.37. The Morgan fingerprint density at radius 3 is 2.54 bits per heavy atom. The minimum Gasteiger partial charge on any atom is -0.458 e. The van der Waals surface area contributed by atoms with Crippen LogP contribution in [0.2, 0.25) is 0 Å². The summed E-state index contributed by atoms with van der Waals surface area (Å²) in [4.78, 5) is 35.8. The van der Waals surface area contributed by atoms with Crippen molar-refractivity contribution < 1.29 is 28.6 Å². The molecule has 0 fully saturated rings. The van der Waals surface area contributed by atoms with E-state index in [2.05, 4.69) is 0 Å². The van der Waals surface area contributed by atoms with Crippen molar-refractivity contribution >= 4 is 17.9 Å². The van der Waals surface area contributed by atoms with E-state index in [1.807, 2.05) is 19.1 Å². The van der Waals surface area contributed by atoms with Gasteiger partial charge in [0.05, 0.1) is 0 Å². The van der Waals surface area contributed by atoms with E-state index in [0.29, 0.717) is 24.2 Å². The predicted molar refractivity (Wildman–Crippen MR) is 92.6 cm³/mol. The van der Waals surface area contributed by atoms with Crippen LogP contribution < -0.4 is 0 Å². The molecule has 0 saturated heterocycles. The summed E-state index contributed by atoms with van der Waals surface area (Å²) in [7, 11) is 0. The van der Waals surface area contributed by atoms with E-state index < -0.39 is 17.6 Å². The zero-order valence-corrected chi connectivity index (χ0v) is 15.6. The van der Waals surface area contributed by atoms with Gasteiger partial charge in [0.1, 0.15) is 18.0 Å². The summed E-state index contributed by atoms with van der Waals surface area (Å²) in [5, 5.41) is 0. The average molecular weight is 360 g/mol. The van der Waals surface area contributed by atoms with E-state index >= 15 is 0 Å². The van der Waals surface area contributed by atoms with E-state index in [1.54, 1.807) is 20.8 Å². The van der Waals surface area contributed by atoms with Crippen molar-refractivity contribution in [3.8, 4) is 0 Å². The summed E-state index contributed by atoms with van der Waals surface area (Å²) >= 11 is 0. The second-order valence-electron chi connectivity index (χ2n) is 7.14. The third-order valence-electron chi connectivity index (χ3n) is 5.40. The molecule has 3 aliphatic rings. The second kappa shape index (κ2) is 6.74. The number of rotatable bonds is 4. The van der Waals surface area contributed by atoms with Gasteiger partial charge in [-0.25, -0.2) is 4.79 Å². The van der Waals surface area contributed by atoms with Crippen LogP contribution in [-0.4, -0.2) is 30.1 Å². The monoisotopic (exact) mass is 360 g/mol. The lowest BCUT2D eigenvalue weighted by Crippen LogP contribution is -2.50. The van der Waals surface area contributed by atoms with Gasteiger partial charge in [0, 0.05) is 35.8 Å². The smallest absolute Gasteiger partial charge is 0.339 e. The fourth-order valence-electron chi connectivity index (χ4n) is 3.78. The van der Waals surface area contributed by atoms with E-state index in [4.69, 9.17) is 14.2 Å². The molecule has 0 N–H and O–H groups in total. The van der Waals surface area contributed by atoms with Crippen LogP contribution in [-0.2, 0) is 28.6 Å². The number of allylic oxidation sites excluding steroid dienone is 2. The Morgan fingerprint density at radius 1 is 1.23 bits per heavy atom. The Balaban J connectivity index is 2.01. The third kappa shape index (κ3) is 2.97. The number of carbonyl (C=O) groups excluding carboxylic acids is 3. The van der Waals surface area contributed by atoms with Crippen molar-refractivity contribution in [1.82, 2.24) is 0 Å². The van der Waals surface area contributed by atoms with Gasteiger partial charge in [0.25, 0.3) is 0 Å². The standard InChI is InChI=1S/C20H24O6/c1-5-16(21)24-14-8-7-12-9-15-13(11(3)19(23)25-15)10-20(12,4)18(14)26-17(22)6-2/h7,9,14,18H,5-6,8,10H2,1-4H3/t14-,18-,20-/m0/s1. The molecule has 140 valence electrons. The van der Waals surface area contributed by atoms with Crippen molar-refractivity contribution in [2.75, 3.05) is 0 Å². The summed E-state index contributed by atoms with van der Waals surface area (Å²) < 4.78 is 16.7. The lowest BCUT2D eigenvalue weighted by molar-refractivity contribution is -0.177. The second-order valence-corrected chi connectivity index (χ2v) is 7.14. The third-order valence-corrected chi connectivity index (χ3v) is 5.40. The van der Waals surface area contributed by atoms with Crippen LogP contribution in [0.1, 0.15) is 53.4 Å². The Bertz CT molecular complexity index is 756. The van der Waals surface area contributed by atoms with Crippen LogP contribution in [0, 0.1) is 5.41 Å². The zero-order chi connectivity index (χ0) is 19.1.